The summed E-state index contributed by atoms with van der Waals surface area (Å²) in [6.45, 7) is -0.887. The van der Waals surface area contributed by atoms with E-state index in [1.54, 1.807) is 29.7 Å². The van der Waals surface area contributed by atoms with E-state index in [0.29, 0.717) is 28.3 Å². The fourth-order valence-corrected chi connectivity index (χ4v) is 4.23. The minimum atomic E-state index is -2.92. The second kappa shape index (κ2) is 10.5. The van der Waals surface area contributed by atoms with E-state index in [-0.39, 0.29) is 17.2 Å². The molecule has 6 nitrogen and oxygen atoms in total. The molecule has 1 aromatic heterocycles. The van der Waals surface area contributed by atoms with E-state index >= 15 is 0 Å². The molecule has 0 aliphatic carbocycles. The van der Waals surface area contributed by atoms with Gasteiger partial charge in [-0.2, -0.15) is 8.78 Å². The SMILES string of the molecule is CC(Sc1nc2ccccc2c(=O)n1Cc1ccccc1)C(=O)Nc1ccc(OC(F)F)cc1. The summed E-state index contributed by atoms with van der Waals surface area (Å²) in [5.74, 6) is -0.318. The number of amides is 1. The number of fused-ring (bicyclic) bond motifs is 1. The van der Waals surface area contributed by atoms with Crippen molar-refractivity contribution in [2.45, 2.75) is 30.5 Å². The highest BCUT2D eigenvalue weighted by Gasteiger charge is 2.20. The Morgan fingerprint density at radius 2 is 1.71 bits per heavy atom. The van der Waals surface area contributed by atoms with E-state index in [4.69, 9.17) is 0 Å². The largest absolute Gasteiger partial charge is 0.435 e. The van der Waals surface area contributed by atoms with Gasteiger partial charge in [-0.15, -0.1) is 0 Å². The number of carbonyl (C=O) groups is 1. The normalized spacial score (nSPS) is 12.0. The Kier molecular flexibility index (Phi) is 7.22. The number of hydrogen-bond acceptors (Lipinski definition) is 5. The van der Waals surface area contributed by atoms with E-state index in [1.807, 2.05) is 36.4 Å². The molecule has 0 aliphatic rings. The Morgan fingerprint density at radius 1 is 1.03 bits per heavy atom. The Hall–Kier alpha value is -3.72. The van der Waals surface area contributed by atoms with Crippen molar-refractivity contribution in [1.82, 2.24) is 9.55 Å². The predicted molar refractivity (Wildman–Crippen MR) is 129 cm³/mol. The summed E-state index contributed by atoms with van der Waals surface area (Å²) in [5.41, 5.74) is 1.75. The van der Waals surface area contributed by atoms with Gasteiger partial charge >= 0.3 is 6.61 Å². The number of rotatable bonds is 8. The fourth-order valence-electron chi connectivity index (χ4n) is 3.32. The number of thioether (sulfide) groups is 1. The molecule has 0 saturated heterocycles. The zero-order valence-electron chi connectivity index (χ0n) is 18.2. The van der Waals surface area contributed by atoms with Crippen LogP contribution in [0.1, 0.15) is 12.5 Å². The van der Waals surface area contributed by atoms with Gasteiger partial charge in [0.25, 0.3) is 5.56 Å². The van der Waals surface area contributed by atoms with Crippen molar-refractivity contribution in [2.24, 2.45) is 0 Å². The first-order valence-electron chi connectivity index (χ1n) is 10.5. The lowest BCUT2D eigenvalue weighted by atomic mass is 10.2. The smallest absolute Gasteiger partial charge is 0.387 e. The first kappa shape index (κ1) is 23.4. The first-order chi connectivity index (χ1) is 16.4. The van der Waals surface area contributed by atoms with Gasteiger partial charge in [0.2, 0.25) is 5.91 Å². The minimum absolute atomic E-state index is 0.000662. The zero-order chi connectivity index (χ0) is 24.1. The van der Waals surface area contributed by atoms with E-state index in [1.165, 1.54) is 36.0 Å². The third kappa shape index (κ3) is 5.60. The van der Waals surface area contributed by atoms with Crippen LogP contribution in [0.5, 0.6) is 5.75 Å². The number of para-hydroxylation sites is 1. The van der Waals surface area contributed by atoms with Gasteiger partial charge in [0, 0.05) is 5.69 Å². The Labute approximate surface area is 198 Å². The maximum Gasteiger partial charge on any atom is 0.387 e. The summed E-state index contributed by atoms with van der Waals surface area (Å²) < 4.78 is 30.5. The van der Waals surface area contributed by atoms with Crippen LogP contribution in [-0.2, 0) is 11.3 Å². The van der Waals surface area contributed by atoms with Gasteiger partial charge < -0.3 is 10.1 Å². The molecule has 4 rings (SSSR count). The zero-order valence-corrected chi connectivity index (χ0v) is 19.0. The van der Waals surface area contributed by atoms with Crippen LogP contribution in [0.15, 0.2) is 88.8 Å². The van der Waals surface area contributed by atoms with Crippen LogP contribution in [0.3, 0.4) is 0 Å². The number of ether oxygens (including phenoxy) is 1. The van der Waals surface area contributed by atoms with Crippen molar-refractivity contribution in [3.63, 3.8) is 0 Å². The summed E-state index contributed by atoms with van der Waals surface area (Å²) in [6.07, 6.45) is 0. The molecule has 0 fully saturated rings. The number of nitrogens with zero attached hydrogens (tertiary/aromatic N) is 2. The van der Waals surface area contributed by atoms with Crippen LogP contribution in [0.4, 0.5) is 14.5 Å². The van der Waals surface area contributed by atoms with E-state index in [0.717, 1.165) is 5.56 Å². The quantitative estimate of drug-likeness (QED) is 0.278. The summed E-state index contributed by atoms with van der Waals surface area (Å²) in [7, 11) is 0. The highest BCUT2D eigenvalue weighted by molar-refractivity contribution is 8.00. The Morgan fingerprint density at radius 3 is 2.41 bits per heavy atom. The molecular weight excluding hydrogens is 460 g/mol. The van der Waals surface area contributed by atoms with E-state index < -0.39 is 11.9 Å². The minimum Gasteiger partial charge on any atom is -0.435 e. The van der Waals surface area contributed by atoms with Crippen molar-refractivity contribution >= 4 is 34.3 Å². The molecular formula is C25H21F2N3O3S. The third-order valence-electron chi connectivity index (χ3n) is 5.01. The average Bonchev–Trinajstić information content (AvgIpc) is 2.83. The average molecular weight is 482 g/mol. The monoisotopic (exact) mass is 481 g/mol. The number of carbonyl (C=O) groups excluding carboxylic acids is 1. The molecule has 4 aromatic rings. The van der Waals surface area contributed by atoms with Gasteiger partial charge in [-0.25, -0.2) is 4.98 Å². The Bertz CT molecular complexity index is 1350. The van der Waals surface area contributed by atoms with Crippen LogP contribution in [0.2, 0.25) is 0 Å². The Balaban J connectivity index is 1.57. The first-order valence-corrected chi connectivity index (χ1v) is 11.3. The van der Waals surface area contributed by atoms with Gasteiger partial charge in [-0.05, 0) is 48.9 Å². The van der Waals surface area contributed by atoms with Crippen molar-refractivity contribution in [3.05, 3.63) is 94.8 Å². The fraction of sp³-hybridized carbons (Fsp3) is 0.160. The lowest BCUT2D eigenvalue weighted by molar-refractivity contribution is -0.115. The molecule has 0 radical (unpaired) electrons. The van der Waals surface area contributed by atoms with Gasteiger partial charge in [-0.3, -0.25) is 14.2 Å². The number of alkyl halides is 2. The van der Waals surface area contributed by atoms with Crippen LogP contribution in [0.25, 0.3) is 10.9 Å². The lowest BCUT2D eigenvalue weighted by Crippen LogP contribution is -2.27. The van der Waals surface area contributed by atoms with E-state index in [9.17, 15) is 18.4 Å². The lowest BCUT2D eigenvalue weighted by Gasteiger charge is -2.16. The van der Waals surface area contributed by atoms with Gasteiger partial charge in [0.15, 0.2) is 5.16 Å². The number of aromatic nitrogens is 2. The highest BCUT2D eigenvalue weighted by atomic mass is 32.2. The number of hydrogen-bond donors (Lipinski definition) is 1. The van der Waals surface area contributed by atoms with Crippen molar-refractivity contribution < 1.29 is 18.3 Å². The third-order valence-corrected chi connectivity index (χ3v) is 6.10. The molecule has 1 N–H and O–H groups in total. The molecule has 1 atom stereocenters. The second-order valence-corrected chi connectivity index (χ2v) is 8.75. The number of nitrogens with one attached hydrogen (secondary N) is 1. The number of halogens is 2. The molecule has 0 bridgehead atoms. The molecule has 1 heterocycles. The second-order valence-electron chi connectivity index (χ2n) is 7.44. The van der Waals surface area contributed by atoms with Gasteiger partial charge in [-0.1, -0.05) is 54.2 Å². The molecule has 1 unspecified atom stereocenters. The summed E-state index contributed by atoms with van der Waals surface area (Å²) in [5, 5.41) is 3.09. The summed E-state index contributed by atoms with van der Waals surface area (Å²) in [6, 6.07) is 22.3. The molecule has 3 aromatic carbocycles. The topological polar surface area (TPSA) is 73.2 Å². The van der Waals surface area contributed by atoms with Crippen LogP contribution in [0, 0.1) is 0 Å². The number of benzene rings is 3. The maximum atomic E-state index is 13.2. The molecule has 1 amide bonds. The van der Waals surface area contributed by atoms with Crippen LogP contribution < -0.4 is 15.6 Å². The van der Waals surface area contributed by atoms with Gasteiger partial charge in [0.1, 0.15) is 5.75 Å². The summed E-state index contributed by atoms with van der Waals surface area (Å²) >= 11 is 1.17. The molecule has 0 spiro atoms. The predicted octanol–water partition coefficient (Wildman–Crippen LogP) is 5.17. The molecule has 0 saturated carbocycles. The molecule has 9 heteroatoms. The number of anilines is 1. The van der Waals surface area contributed by atoms with Crippen LogP contribution in [-0.4, -0.2) is 27.3 Å². The van der Waals surface area contributed by atoms with Crippen molar-refractivity contribution in [1.29, 1.82) is 0 Å². The maximum absolute atomic E-state index is 13.2. The van der Waals surface area contributed by atoms with E-state index in [2.05, 4.69) is 15.0 Å². The molecule has 34 heavy (non-hydrogen) atoms. The summed E-state index contributed by atoms with van der Waals surface area (Å²) in [4.78, 5) is 30.7. The van der Waals surface area contributed by atoms with Crippen LogP contribution >= 0.6 is 11.8 Å². The standard InChI is InChI=1S/C25H21F2N3O3S/c1-16(22(31)28-18-11-13-19(14-12-18)33-24(26)27)34-25-29-21-10-6-5-9-20(21)23(32)30(25)15-17-7-3-2-4-8-17/h2-14,16,24H,15H2,1H3,(H,28,31). The van der Waals surface area contributed by atoms with Crippen molar-refractivity contribution in [2.75, 3.05) is 5.32 Å². The van der Waals surface area contributed by atoms with Crippen molar-refractivity contribution in [3.8, 4) is 5.75 Å². The molecule has 174 valence electrons. The highest BCUT2D eigenvalue weighted by Crippen LogP contribution is 2.25. The molecule has 0 aliphatic heterocycles. The van der Waals surface area contributed by atoms with Gasteiger partial charge in [0.05, 0.1) is 22.7 Å².